The Balaban J connectivity index is 2.37. The normalized spacial score (nSPS) is 16.0. The van der Waals surface area contributed by atoms with Crippen molar-refractivity contribution < 1.29 is 13.2 Å². The van der Waals surface area contributed by atoms with E-state index in [4.69, 9.17) is 0 Å². The summed E-state index contributed by atoms with van der Waals surface area (Å²) in [6, 6.07) is 0. The molecule has 1 rings (SSSR count). The van der Waals surface area contributed by atoms with E-state index in [0.29, 0.717) is 19.0 Å². The van der Waals surface area contributed by atoms with Gasteiger partial charge in [0.15, 0.2) is 0 Å². The van der Waals surface area contributed by atoms with Crippen LogP contribution in [0.15, 0.2) is 11.6 Å². The summed E-state index contributed by atoms with van der Waals surface area (Å²) in [5.41, 5.74) is 1.41. The van der Waals surface area contributed by atoms with E-state index in [1.54, 1.807) is 0 Å². The third-order valence-corrected chi connectivity index (χ3v) is 5.15. The Kier molecular flexibility index (Phi) is 8.10. The molecular formula is C16H30N2O3S. The second-order valence-corrected chi connectivity index (χ2v) is 8.47. The van der Waals surface area contributed by atoms with Gasteiger partial charge in [0.1, 0.15) is 0 Å². The zero-order chi connectivity index (χ0) is 16.6. The highest BCUT2D eigenvalue weighted by Crippen LogP contribution is 2.19. The molecule has 0 saturated heterocycles. The van der Waals surface area contributed by atoms with E-state index in [9.17, 15) is 13.2 Å². The Morgan fingerprint density at radius 3 is 2.64 bits per heavy atom. The topological polar surface area (TPSA) is 66.5 Å². The van der Waals surface area contributed by atoms with Crippen molar-refractivity contribution in [2.45, 2.75) is 52.4 Å². The maximum Gasteiger partial charge on any atom is 0.235 e. The first-order valence-electron chi connectivity index (χ1n) is 8.18. The van der Waals surface area contributed by atoms with Crippen molar-refractivity contribution in [3.8, 4) is 0 Å². The van der Waals surface area contributed by atoms with Gasteiger partial charge in [-0.3, -0.25) is 4.79 Å². The monoisotopic (exact) mass is 330 g/mol. The summed E-state index contributed by atoms with van der Waals surface area (Å²) < 4.78 is 24.7. The second-order valence-electron chi connectivity index (χ2n) is 6.49. The first-order chi connectivity index (χ1) is 10.3. The number of hydrogen-bond acceptors (Lipinski definition) is 3. The van der Waals surface area contributed by atoms with Crippen LogP contribution in [0.25, 0.3) is 0 Å². The van der Waals surface area contributed by atoms with Gasteiger partial charge in [-0.2, -0.15) is 4.31 Å². The lowest BCUT2D eigenvalue weighted by atomic mass is 9.97. The van der Waals surface area contributed by atoms with Crippen molar-refractivity contribution >= 4 is 15.9 Å². The predicted octanol–water partition coefficient (Wildman–Crippen LogP) is 2.30. The number of amides is 1. The second kappa shape index (κ2) is 9.30. The van der Waals surface area contributed by atoms with Crippen molar-refractivity contribution in [2.24, 2.45) is 5.92 Å². The highest BCUT2D eigenvalue weighted by atomic mass is 32.2. The van der Waals surface area contributed by atoms with Gasteiger partial charge in [0, 0.05) is 13.1 Å². The molecule has 0 aromatic rings. The molecule has 0 saturated carbocycles. The van der Waals surface area contributed by atoms with Crippen LogP contribution in [-0.4, -0.2) is 44.5 Å². The van der Waals surface area contributed by atoms with Crippen LogP contribution in [0.4, 0.5) is 0 Å². The maximum absolute atomic E-state index is 11.9. The molecule has 22 heavy (non-hydrogen) atoms. The van der Waals surface area contributed by atoms with Crippen LogP contribution in [0.2, 0.25) is 0 Å². The van der Waals surface area contributed by atoms with Crippen LogP contribution in [-0.2, 0) is 14.8 Å². The van der Waals surface area contributed by atoms with Crippen LogP contribution in [0.3, 0.4) is 0 Å². The fourth-order valence-electron chi connectivity index (χ4n) is 2.47. The van der Waals surface area contributed by atoms with Gasteiger partial charge >= 0.3 is 0 Å². The third-order valence-electron chi connectivity index (χ3n) is 3.90. The van der Waals surface area contributed by atoms with Crippen molar-refractivity contribution in [3.63, 3.8) is 0 Å². The Labute approximate surface area is 135 Å². The number of carbonyl (C=O) groups excluding carboxylic acids is 1. The summed E-state index contributed by atoms with van der Waals surface area (Å²) in [6.45, 7) is 4.99. The SMILES string of the molecule is CC(C)CCN(CC(=O)NCCC1=CCCCC1)S(C)(=O)=O. The van der Waals surface area contributed by atoms with Crippen LogP contribution in [0.1, 0.15) is 52.4 Å². The van der Waals surface area contributed by atoms with Gasteiger partial charge in [-0.15, -0.1) is 0 Å². The molecule has 1 aliphatic carbocycles. The molecule has 0 bridgehead atoms. The molecule has 0 spiro atoms. The predicted molar refractivity (Wildman–Crippen MR) is 90.0 cm³/mol. The van der Waals surface area contributed by atoms with Gasteiger partial charge in [0.05, 0.1) is 12.8 Å². The van der Waals surface area contributed by atoms with Gasteiger partial charge in [0.25, 0.3) is 0 Å². The van der Waals surface area contributed by atoms with Crippen LogP contribution in [0.5, 0.6) is 0 Å². The Morgan fingerprint density at radius 1 is 1.36 bits per heavy atom. The van der Waals surface area contributed by atoms with E-state index in [1.165, 1.54) is 22.7 Å². The molecule has 0 aliphatic heterocycles. The van der Waals surface area contributed by atoms with Gasteiger partial charge < -0.3 is 5.32 Å². The van der Waals surface area contributed by atoms with E-state index in [1.807, 2.05) is 13.8 Å². The van der Waals surface area contributed by atoms with Crippen LogP contribution in [0, 0.1) is 5.92 Å². The molecule has 0 fully saturated rings. The average Bonchev–Trinajstić information content (AvgIpc) is 2.43. The molecule has 1 aliphatic rings. The van der Waals surface area contributed by atoms with Crippen molar-refractivity contribution in [1.29, 1.82) is 0 Å². The minimum atomic E-state index is -3.34. The van der Waals surface area contributed by atoms with Gasteiger partial charge in [-0.25, -0.2) is 8.42 Å². The molecule has 1 N–H and O–H groups in total. The van der Waals surface area contributed by atoms with E-state index in [2.05, 4.69) is 11.4 Å². The number of hydrogen-bond donors (Lipinski definition) is 1. The van der Waals surface area contributed by atoms with Gasteiger partial charge in [0.2, 0.25) is 15.9 Å². The molecular weight excluding hydrogens is 300 g/mol. The largest absolute Gasteiger partial charge is 0.355 e. The quantitative estimate of drug-likeness (QED) is 0.660. The lowest BCUT2D eigenvalue weighted by Gasteiger charge is -2.20. The third kappa shape index (κ3) is 7.94. The molecule has 1 amide bonds. The first-order valence-corrected chi connectivity index (χ1v) is 10.0. The Bertz CT molecular complexity index is 484. The van der Waals surface area contributed by atoms with Crippen molar-refractivity contribution in [3.05, 3.63) is 11.6 Å². The van der Waals surface area contributed by atoms with E-state index >= 15 is 0 Å². The summed E-state index contributed by atoms with van der Waals surface area (Å²) in [5.74, 6) is 0.191. The molecule has 5 nitrogen and oxygen atoms in total. The fourth-order valence-corrected chi connectivity index (χ4v) is 3.26. The zero-order valence-corrected chi connectivity index (χ0v) is 14.9. The van der Waals surface area contributed by atoms with E-state index in [-0.39, 0.29) is 12.5 Å². The minimum Gasteiger partial charge on any atom is -0.355 e. The fraction of sp³-hybridized carbons (Fsp3) is 0.812. The minimum absolute atomic E-state index is 0.0788. The summed E-state index contributed by atoms with van der Waals surface area (Å²) >= 11 is 0. The number of allylic oxidation sites excluding steroid dienone is 1. The van der Waals surface area contributed by atoms with E-state index < -0.39 is 10.0 Å². The molecule has 0 aromatic carbocycles. The maximum atomic E-state index is 11.9. The van der Waals surface area contributed by atoms with E-state index in [0.717, 1.165) is 31.9 Å². The first kappa shape index (κ1) is 19.2. The molecule has 0 unspecified atom stereocenters. The summed E-state index contributed by atoms with van der Waals surface area (Å²) in [5, 5.41) is 2.83. The van der Waals surface area contributed by atoms with Gasteiger partial charge in [-0.05, 0) is 44.4 Å². The highest BCUT2D eigenvalue weighted by molar-refractivity contribution is 7.88. The molecule has 0 atom stereocenters. The van der Waals surface area contributed by atoms with Crippen LogP contribution >= 0.6 is 0 Å². The lowest BCUT2D eigenvalue weighted by molar-refractivity contribution is -0.121. The van der Waals surface area contributed by atoms with Gasteiger partial charge in [-0.1, -0.05) is 25.5 Å². The smallest absolute Gasteiger partial charge is 0.235 e. The summed E-state index contributed by atoms with van der Waals surface area (Å²) in [6.07, 6.45) is 9.81. The lowest BCUT2D eigenvalue weighted by Crippen LogP contribution is -2.41. The van der Waals surface area contributed by atoms with Crippen molar-refractivity contribution in [2.75, 3.05) is 25.9 Å². The molecule has 128 valence electrons. The number of nitrogens with zero attached hydrogens (tertiary/aromatic N) is 1. The molecule has 0 radical (unpaired) electrons. The Morgan fingerprint density at radius 2 is 2.09 bits per heavy atom. The number of rotatable bonds is 9. The standard InChI is InChI=1S/C16H30N2O3S/c1-14(2)10-12-18(22(3,20)21)13-16(19)17-11-9-15-7-5-4-6-8-15/h7,14H,4-6,8-13H2,1-3H3,(H,17,19). The average molecular weight is 330 g/mol. The Hall–Kier alpha value is -0.880. The number of nitrogens with one attached hydrogen (secondary N) is 1. The molecule has 6 heteroatoms. The number of carbonyl (C=O) groups is 1. The summed E-state index contributed by atoms with van der Waals surface area (Å²) in [7, 11) is -3.34. The number of sulfonamides is 1. The molecule has 0 aromatic heterocycles. The molecule has 0 heterocycles. The highest BCUT2D eigenvalue weighted by Gasteiger charge is 2.20. The van der Waals surface area contributed by atoms with Crippen molar-refractivity contribution in [1.82, 2.24) is 9.62 Å². The summed E-state index contributed by atoms with van der Waals surface area (Å²) in [4.78, 5) is 11.9. The van der Waals surface area contributed by atoms with Crippen LogP contribution < -0.4 is 5.32 Å². The zero-order valence-electron chi connectivity index (χ0n) is 14.1.